The number of likely N-dealkylation sites (tertiary alicyclic amines) is 1. The number of benzene rings is 1. The van der Waals surface area contributed by atoms with Gasteiger partial charge >= 0.3 is 0 Å². The highest BCUT2D eigenvalue weighted by Crippen LogP contribution is 2.30. The lowest BCUT2D eigenvalue weighted by Crippen LogP contribution is -2.43. The van der Waals surface area contributed by atoms with Gasteiger partial charge in [-0.2, -0.15) is 0 Å². The van der Waals surface area contributed by atoms with Gasteiger partial charge in [-0.15, -0.1) is 0 Å². The zero-order chi connectivity index (χ0) is 15.7. The van der Waals surface area contributed by atoms with E-state index in [0.717, 1.165) is 43.8 Å². The van der Waals surface area contributed by atoms with E-state index in [0.29, 0.717) is 12.1 Å². The first-order valence-electron chi connectivity index (χ1n) is 8.03. The molecule has 1 N–H and O–H groups in total. The lowest BCUT2D eigenvalue weighted by molar-refractivity contribution is 0.0413. The van der Waals surface area contributed by atoms with Crippen LogP contribution in [0.2, 0.25) is 0 Å². The van der Waals surface area contributed by atoms with Crippen LogP contribution in [-0.4, -0.2) is 39.3 Å². The molecule has 0 aliphatic carbocycles. The van der Waals surface area contributed by atoms with Gasteiger partial charge in [0, 0.05) is 25.1 Å². The molecule has 1 saturated heterocycles. The summed E-state index contributed by atoms with van der Waals surface area (Å²) in [6.45, 7) is 7.75. The first kappa shape index (κ1) is 15.4. The Morgan fingerprint density at radius 3 is 2.95 bits per heavy atom. The number of imidazole rings is 1. The summed E-state index contributed by atoms with van der Waals surface area (Å²) >= 11 is 0. The molecule has 4 nitrogen and oxygen atoms in total. The molecule has 120 valence electrons. The summed E-state index contributed by atoms with van der Waals surface area (Å²) in [4.78, 5) is 6.86. The fourth-order valence-electron chi connectivity index (χ4n) is 3.53. The molecule has 0 spiro atoms. The van der Waals surface area contributed by atoms with Crippen molar-refractivity contribution in [3.05, 3.63) is 29.8 Å². The van der Waals surface area contributed by atoms with Crippen molar-refractivity contribution >= 4 is 11.0 Å². The molecule has 22 heavy (non-hydrogen) atoms. The highest BCUT2D eigenvalue weighted by molar-refractivity contribution is 5.76. The number of hydrogen-bond acceptors (Lipinski definition) is 3. The molecule has 3 rings (SSSR count). The number of aliphatic hydroxyl groups is 1. The van der Waals surface area contributed by atoms with Gasteiger partial charge in [0.05, 0.1) is 12.1 Å². The van der Waals surface area contributed by atoms with Crippen molar-refractivity contribution in [1.82, 2.24) is 14.5 Å². The van der Waals surface area contributed by atoms with Crippen LogP contribution in [0.1, 0.15) is 32.5 Å². The summed E-state index contributed by atoms with van der Waals surface area (Å²) in [5, 5.41) is 9.59. The number of hydrogen-bond donors (Lipinski definition) is 1. The molecule has 1 unspecified atom stereocenters. The molecule has 2 aromatic rings. The van der Waals surface area contributed by atoms with Crippen LogP contribution in [0.4, 0.5) is 4.39 Å². The number of fused-ring (bicyclic) bond motifs is 1. The van der Waals surface area contributed by atoms with Gasteiger partial charge < -0.3 is 9.67 Å². The molecule has 0 radical (unpaired) electrons. The van der Waals surface area contributed by atoms with Crippen molar-refractivity contribution in [2.45, 2.75) is 39.8 Å². The first-order chi connectivity index (χ1) is 10.6. The Labute approximate surface area is 130 Å². The molecule has 1 atom stereocenters. The first-order valence-corrected chi connectivity index (χ1v) is 8.03. The zero-order valence-electron chi connectivity index (χ0n) is 13.3. The van der Waals surface area contributed by atoms with Crippen molar-refractivity contribution in [1.29, 1.82) is 0 Å². The van der Waals surface area contributed by atoms with Crippen molar-refractivity contribution in [3.8, 4) is 0 Å². The van der Waals surface area contributed by atoms with Gasteiger partial charge in [-0.3, -0.25) is 4.90 Å². The van der Waals surface area contributed by atoms with E-state index in [4.69, 9.17) is 0 Å². The van der Waals surface area contributed by atoms with Gasteiger partial charge in [0.15, 0.2) is 5.82 Å². The zero-order valence-corrected chi connectivity index (χ0v) is 13.3. The maximum absolute atomic E-state index is 13.9. The van der Waals surface area contributed by atoms with E-state index in [9.17, 15) is 9.50 Å². The van der Waals surface area contributed by atoms with E-state index in [1.165, 1.54) is 6.07 Å². The smallest absolute Gasteiger partial charge is 0.151 e. The van der Waals surface area contributed by atoms with Gasteiger partial charge in [0.2, 0.25) is 0 Å². The minimum Gasteiger partial charge on any atom is -0.396 e. The molecular weight excluding hydrogens is 281 g/mol. The van der Waals surface area contributed by atoms with Gasteiger partial charge in [-0.25, -0.2) is 9.37 Å². The van der Waals surface area contributed by atoms with Crippen LogP contribution >= 0.6 is 0 Å². The molecular formula is C17H24FN3O. The van der Waals surface area contributed by atoms with E-state index in [1.807, 2.05) is 6.07 Å². The second-order valence-corrected chi connectivity index (χ2v) is 6.66. The van der Waals surface area contributed by atoms with E-state index < -0.39 is 0 Å². The standard InChI is InChI=1S/C17H24FN3O/c1-3-21-14-7-4-6-13(18)16(14)19-15(21)10-20-9-5-8-17(2,11-20)12-22/h4,6-7,22H,3,5,8-12H2,1-2H3. The number of nitrogens with zero attached hydrogens (tertiary/aromatic N) is 3. The van der Waals surface area contributed by atoms with Crippen molar-refractivity contribution in [2.24, 2.45) is 5.41 Å². The number of aromatic nitrogens is 2. The number of rotatable bonds is 4. The maximum Gasteiger partial charge on any atom is 0.151 e. The molecule has 1 aliphatic rings. The molecule has 5 heteroatoms. The average Bonchev–Trinajstić information content (AvgIpc) is 2.86. The third-order valence-corrected chi connectivity index (χ3v) is 4.73. The van der Waals surface area contributed by atoms with Crippen LogP contribution in [0, 0.1) is 11.2 Å². The molecule has 1 aromatic heterocycles. The van der Waals surface area contributed by atoms with E-state index in [-0.39, 0.29) is 17.8 Å². The van der Waals surface area contributed by atoms with Crippen molar-refractivity contribution in [3.63, 3.8) is 0 Å². The normalized spacial score (nSPS) is 23.3. The van der Waals surface area contributed by atoms with Crippen LogP contribution < -0.4 is 0 Å². The summed E-state index contributed by atoms with van der Waals surface area (Å²) in [5.74, 6) is 0.648. The second kappa shape index (κ2) is 5.97. The Balaban J connectivity index is 1.89. The molecule has 0 amide bonds. The molecule has 1 aromatic carbocycles. The Morgan fingerprint density at radius 2 is 2.23 bits per heavy atom. The Bertz CT molecular complexity index is 669. The second-order valence-electron chi connectivity index (χ2n) is 6.66. The molecule has 1 fully saturated rings. The molecule has 0 saturated carbocycles. The number of para-hydroxylation sites is 1. The Hall–Kier alpha value is -1.46. The minimum atomic E-state index is -0.259. The summed E-state index contributed by atoms with van der Waals surface area (Å²) in [6.07, 6.45) is 2.14. The summed E-state index contributed by atoms with van der Waals surface area (Å²) in [6, 6.07) is 5.12. The van der Waals surface area contributed by atoms with Crippen molar-refractivity contribution < 1.29 is 9.50 Å². The van der Waals surface area contributed by atoms with Gasteiger partial charge in [-0.05, 0) is 38.4 Å². The highest BCUT2D eigenvalue weighted by atomic mass is 19.1. The monoisotopic (exact) mass is 305 g/mol. The predicted octanol–water partition coefficient (Wildman–Crippen LogP) is 2.79. The quantitative estimate of drug-likeness (QED) is 0.944. The SMILES string of the molecule is CCn1c(CN2CCCC(C)(CO)C2)nc2c(F)cccc21. The molecule has 2 heterocycles. The summed E-state index contributed by atoms with van der Waals surface area (Å²) < 4.78 is 16.0. The van der Waals surface area contributed by atoms with Crippen LogP contribution in [-0.2, 0) is 13.1 Å². The highest BCUT2D eigenvalue weighted by Gasteiger charge is 2.31. The van der Waals surface area contributed by atoms with Crippen LogP contribution in [0.3, 0.4) is 0 Å². The predicted molar refractivity (Wildman–Crippen MR) is 85.1 cm³/mol. The van der Waals surface area contributed by atoms with Crippen molar-refractivity contribution in [2.75, 3.05) is 19.7 Å². The number of piperidine rings is 1. The fraction of sp³-hybridized carbons (Fsp3) is 0.588. The Morgan fingerprint density at radius 1 is 1.41 bits per heavy atom. The van der Waals surface area contributed by atoms with E-state index >= 15 is 0 Å². The largest absolute Gasteiger partial charge is 0.396 e. The van der Waals surface area contributed by atoms with Gasteiger partial charge in [0.25, 0.3) is 0 Å². The van der Waals surface area contributed by atoms with Gasteiger partial charge in [0.1, 0.15) is 11.3 Å². The third-order valence-electron chi connectivity index (χ3n) is 4.73. The number of halogens is 1. The summed E-state index contributed by atoms with van der Waals surface area (Å²) in [7, 11) is 0. The van der Waals surface area contributed by atoms with Crippen LogP contribution in [0.25, 0.3) is 11.0 Å². The van der Waals surface area contributed by atoms with Gasteiger partial charge in [-0.1, -0.05) is 13.0 Å². The average molecular weight is 305 g/mol. The maximum atomic E-state index is 13.9. The number of aryl methyl sites for hydroxylation is 1. The fourth-order valence-corrected chi connectivity index (χ4v) is 3.53. The van der Waals surface area contributed by atoms with Crippen LogP contribution in [0.15, 0.2) is 18.2 Å². The summed E-state index contributed by atoms with van der Waals surface area (Å²) in [5.41, 5.74) is 1.28. The van der Waals surface area contributed by atoms with Crippen LogP contribution in [0.5, 0.6) is 0 Å². The topological polar surface area (TPSA) is 41.3 Å². The van der Waals surface area contributed by atoms with E-state index in [1.54, 1.807) is 6.07 Å². The molecule has 1 aliphatic heterocycles. The number of aliphatic hydroxyl groups excluding tert-OH is 1. The lowest BCUT2D eigenvalue weighted by atomic mass is 9.83. The third kappa shape index (κ3) is 2.75. The minimum absolute atomic E-state index is 0.0352. The molecule has 0 bridgehead atoms. The Kier molecular flexibility index (Phi) is 4.19. The lowest BCUT2D eigenvalue weighted by Gasteiger charge is -2.39. The van der Waals surface area contributed by atoms with E-state index in [2.05, 4.69) is 28.3 Å².